The lowest BCUT2D eigenvalue weighted by Gasteiger charge is -2.27. The lowest BCUT2D eigenvalue weighted by molar-refractivity contribution is 0.566. The van der Waals surface area contributed by atoms with Gasteiger partial charge < -0.3 is 10.6 Å². The number of nitrogens with two attached hydrogens (primary N) is 1. The molecule has 1 aromatic heterocycles. The van der Waals surface area contributed by atoms with Gasteiger partial charge in [-0.2, -0.15) is 0 Å². The van der Waals surface area contributed by atoms with E-state index in [-0.39, 0.29) is 0 Å². The van der Waals surface area contributed by atoms with Crippen LogP contribution in [0.4, 0.5) is 5.82 Å². The van der Waals surface area contributed by atoms with E-state index in [9.17, 15) is 0 Å². The molecular formula is C14H18N4. The van der Waals surface area contributed by atoms with E-state index >= 15 is 0 Å². The van der Waals surface area contributed by atoms with E-state index in [0.717, 1.165) is 22.8 Å². The zero-order valence-electron chi connectivity index (χ0n) is 10.6. The molecular weight excluding hydrogens is 224 g/mol. The summed E-state index contributed by atoms with van der Waals surface area (Å²) < 4.78 is 0. The molecule has 4 nitrogen and oxygen atoms in total. The van der Waals surface area contributed by atoms with Gasteiger partial charge in [0.15, 0.2) is 0 Å². The van der Waals surface area contributed by atoms with E-state index in [0.29, 0.717) is 12.6 Å². The van der Waals surface area contributed by atoms with Crippen molar-refractivity contribution in [3.05, 3.63) is 30.5 Å². The minimum atomic E-state index is 0.389. The molecule has 1 saturated carbocycles. The molecule has 0 saturated heterocycles. The maximum atomic E-state index is 5.87. The number of rotatable bonds is 4. The van der Waals surface area contributed by atoms with E-state index in [1.54, 1.807) is 0 Å². The molecule has 0 spiro atoms. The van der Waals surface area contributed by atoms with Crippen molar-refractivity contribution >= 4 is 16.9 Å². The first-order valence-electron chi connectivity index (χ1n) is 6.44. The predicted molar refractivity (Wildman–Crippen MR) is 73.5 cm³/mol. The van der Waals surface area contributed by atoms with Crippen molar-refractivity contribution in [3.63, 3.8) is 0 Å². The highest BCUT2D eigenvalue weighted by Crippen LogP contribution is 2.35. The molecule has 1 fully saturated rings. The molecule has 2 aromatic rings. The Bertz CT molecular complexity index is 550. The van der Waals surface area contributed by atoms with Crippen molar-refractivity contribution < 1.29 is 0 Å². The largest absolute Gasteiger partial charge is 0.354 e. The number of benzene rings is 1. The molecule has 0 radical (unpaired) electrons. The Balaban J connectivity index is 1.92. The maximum Gasteiger partial charge on any atom is 0.147 e. The summed E-state index contributed by atoms with van der Waals surface area (Å²) in [6, 6.07) is 8.33. The molecule has 1 atom stereocenters. The molecule has 0 amide bonds. The molecule has 1 unspecified atom stereocenters. The molecule has 1 aliphatic carbocycles. The topological polar surface area (TPSA) is 55.0 Å². The van der Waals surface area contributed by atoms with Gasteiger partial charge in [0.2, 0.25) is 0 Å². The summed E-state index contributed by atoms with van der Waals surface area (Å²) in [6.07, 6.45) is 4.41. The molecule has 4 heteroatoms. The summed E-state index contributed by atoms with van der Waals surface area (Å²) >= 11 is 0. The predicted octanol–water partition coefficient (Wildman–Crippen LogP) is 1.80. The van der Waals surface area contributed by atoms with Gasteiger partial charge in [0.05, 0.1) is 17.2 Å². The van der Waals surface area contributed by atoms with Crippen LogP contribution < -0.4 is 10.6 Å². The molecule has 0 bridgehead atoms. The van der Waals surface area contributed by atoms with E-state index in [1.165, 1.54) is 12.8 Å². The van der Waals surface area contributed by atoms with Crippen LogP contribution >= 0.6 is 0 Å². The number of para-hydroxylation sites is 2. The molecule has 94 valence electrons. The molecule has 1 aromatic carbocycles. The summed E-state index contributed by atoms with van der Waals surface area (Å²) in [6.45, 7) is 0.676. The third-order valence-electron chi connectivity index (χ3n) is 3.70. The Morgan fingerprint density at radius 3 is 2.72 bits per heavy atom. The van der Waals surface area contributed by atoms with Gasteiger partial charge in [-0.1, -0.05) is 12.1 Å². The first kappa shape index (κ1) is 11.4. The van der Waals surface area contributed by atoms with Crippen LogP contribution in [0.15, 0.2) is 30.5 Å². The minimum absolute atomic E-state index is 0.389. The second-order valence-electron chi connectivity index (χ2n) is 4.97. The normalized spacial score (nSPS) is 16.8. The van der Waals surface area contributed by atoms with Crippen molar-refractivity contribution in [2.75, 3.05) is 18.5 Å². The number of aromatic nitrogens is 2. The third kappa shape index (κ3) is 2.04. The Morgan fingerprint density at radius 2 is 2.06 bits per heavy atom. The highest BCUT2D eigenvalue weighted by molar-refractivity contribution is 5.75. The van der Waals surface area contributed by atoms with Crippen LogP contribution in [0.25, 0.3) is 11.0 Å². The van der Waals surface area contributed by atoms with Crippen molar-refractivity contribution in [2.45, 2.75) is 18.9 Å². The summed E-state index contributed by atoms with van der Waals surface area (Å²) in [5, 5.41) is 0. The van der Waals surface area contributed by atoms with Crippen LogP contribution in [-0.2, 0) is 0 Å². The number of fused-ring (bicyclic) bond motifs is 1. The number of likely N-dealkylation sites (N-methyl/N-ethyl adjacent to an activating group) is 1. The maximum absolute atomic E-state index is 5.87. The Hall–Kier alpha value is -1.68. The molecule has 0 aliphatic heterocycles. The van der Waals surface area contributed by atoms with Crippen molar-refractivity contribution in [1.82, 2.24) is 9.97 Å². The smallest absolute Gasteiger partial charge is 0.147 e. The summed E-state index contributed by atoms with van der Waals surface area (Å²) in [5.74, 6) is 1.64. The number of hydrogen-bond acceptors (Lipinski definition) is 4. The zero-order chi connectivity index (χ0) is 12.5. The second kappa shape index (κ2) is 4.53. The van der Waals surface area contributed by atoms with E-state index < -0.39 is 0 Å². The summed E-state index contributed by atoms with van der Waals surface area (Å²) in [4.78, 5) is 11.3. The first-order chi connectivity index (χ1) is 8.79. The van der Waals surface area contributed by atoms with Gasteiger partial charge in [0, 0.05) is 19.6 Å². The van der Waals surface area contributed by atoms with E-state index in [1.807, 2.05) is 30.5 Å². The lowest BCUT2D eigenvalue weighted by Crippen LogP contribution is -2.40. The Kier molecular flexibility index (Phi) is 2.88. The first-order valence-corrected chi connectivity index (χ1v) is 6.44. The third-order valence-corrected chi connectivity index (χ3v) is 3.70. The molecule has 1 heterocycles. The number of nitrogens with zero attached hydrogens (tertiary/aromatic N) is 3. The fourth-order valence-corrected chi connectivity index (χ4v) is 2.44. The summed E-state index contributed by atoms with van der Waals surface area (Å²) in [5.41, 5.74) is 7.75. The molecule has 3 rings (SSSR count). The minimum Gasteiger partial charge on any atom is -0.354 e. The van der Waals surface area contributed by atoms with Crippen molar-refractivity contribution in [3.8, 4) is 0 Å². The van der Waals surface area contributed by atoms with Gasteiger partial charge in [-0.25, -0.2) is 4.98 Å². The zero-order valence-corrected chi connectivity index (χ0v) is 10.6. The average Bonchev–Trinajstić information content (AvgIpc) is 3.23. The fraction of sp³-hybridized carbons (Fsp3) is 0.429. The molecule has 18 heavy (non-hydrogen) atoms. The monoisotopic (exact) mass is 242 g/mol. The lowest BCUT2D eigenvalue weighted by atomic mass is 10.1. The van der Waals surface area contributed by atoms with Gasteiger partial charge in [0.25, 0.3) is 0 Å². The highest BCUT2D eigenvalue weighted by Gasteiger charge is 2.33. The molecule has 1 aliphatic rings. The van der Waals surface area contributed by atoms with Crippen LogP contribution in [-0.4, -0.2) is 29.6 Å². The number of anilines is 1. The van der Waals surface area contributed by atoms with Gasteiger partial charge in [0.1, 0.15) is 5.82 Å². The quantitative estimate of drug-likeness (QED) is 0.888. The van der Waals surface area contributed by atoms with Gasteiger partial charge in [-0.05, 0) is 30.9 Å². The molecule has 2 N–H and O–H groups in total. The van der Waals surface area contributed by atoms with Crippen LogP contribution in [0, 0.1) is 5.92 Å². The summed E-state index contributed by atoms with van der Waals surface area (Å²) in [7, 11) is 2.06. The Labute approximate surface area is 107 Å². The SMILES string of the molecule is CN(c1cnc2ccccc2n1)C(CN)C1CC1. The fourth-order valence-electron chi connectivity index (χ4n) is 2.44. The van der Waals surface area contributed by atoms with Gasteiger partial charge in [-0.3, -0.25) is 4.98 Å². The van der Waals surface area contributed by atoms with E-state index in [2.05, 4.69) is 21.9 Å². The second-order valence-corrected chi connectivity index (χ2v) is 4.97. The van der Waals surface area contributed by atoms with Crippen LogP contribution in [0.2, 0.25) is 0 Å². The standard InChI is InChI=1S/C14H18N4/c1-18(13(8-15)10-6-7-10)14-9-16-11-4-2-3-5-12(11)17-14/h2-5,9-10,13H,6-8,15H2,1H3. The van der Waals surface area contributed by atoms with E-state index in [4.69, 9.17) is 5.73 Å². The average molecular weight is 242 g/mol. The van der Waals surface area contributed by atoms with Gasteiger partial charge in [-0.15, -0.1) is 0 Å². The van der Waals surface area contributed by atoms with Crippen molar-refractivity contribution in [2.24, 2.45) is 11.7 Å². The van der Waals surface area contributed by atoms with Crippen LogP contribution in [0.5, 0.6) is 0 Å². The van der Waals surface area contributed by atoms with Crippen molar-refractivity contribution in [1.29, 1.82) is 0 Å². The van der Waals surface area contributed by atoms with Gasteiger partial charge >= 0.3 is 0 Å². The van der Waals surface area contributed by atoms with Crippen LogP contribution in [0.1, 0.15) is 12.8 Å². The van der Waals surface area contributed by atoms with Crippen LogP contribution in [0.3, 0.4) is 0 Å². The Morgan fingerprint density at radius 1 is 1.33 bits per heavy atom. The highest BCUT2D eigenvalue weighted by atomic mass is 15.2. The number of hydrogen-bond donors (Lipinski definition) is 1.